The molecule has 5 nitrogen and oxygen atoms in total. The molecule has 0 spiro atoms. The number of aliphatic hydroxyl groups excluding tert-OH is 2. The minimum Gasteiger partial charge on any atom is -0.444 e. The quantitative estimate of drug-likeness (QED) is 0.700. The van der Waals surface area contributed by atoms with Crippen LogP contribution in [0.1, 0.15) is 27.2 Å². The van der Waals surface area contributed by atoms with E-state index >= 15 is 0 Å². The van der Waals surface area contributed by atoms with E-state index in [9.17, 15) is 4.79 Å². The molecule has 1 amide bonds. The van der Waals surface area contributed by atoms with Crippen LogP contribution in [0.5, 0.6) is 0 Å². The van der Waals surface area contributed by atoms with Crippen LogP contribution in [0, 0.1) is 0 Å². The number of ether oxygens (including phenoxy) is 1. The van der Waals surface area contributed by atoms with Gasteiger partial charge in [-0.25, -0.2) is 4.79 Å². The van der Waals surface area contributed by atoms with Gasteiger partial charge in [0, 0.05) is 0 Å². The Kier molecular flexibility index (Phi) is 3.57. The fraction of sp³-hybridized carbons (Fsp3) is 0.900. The van der Waals surface area contributed by atoms with E-state index < -0.39 is 11.7 Å². The minimum absolute atomic E-state index is 0.0876. The number of carbonyl (C=O) groups excluding carboxylic acids is 1. The molecule has 1 heterocycles. The maximum Gasteiger partial charge on any atom is 0.410 e. The molecule has 1 aliphatic heterocycles. The summed E-state index contributed by atoms with van der Waals surface area (Å²) >= 11 is 0. The smallest absolute Gasteiger partial charge is 0.410 e. The Bertz CT molecular complexity index is 226. The minimum atomic E-state index is -0.549. The van der Waals surface area contributed by atoms with E-state index in [2.05, 4.69) is 0 Å². The number of carbonyl (C=O) groups is 1. The van der Waals surface area contributed by atoms with Gasteiger partial charge in [0.05, 0.1) is 25.3 Å². The van der Waals surface area contributed by atoms with Crippen molar-refractivity contribution in [1.29, 1.82) is 0 Å². The van der Waals surface area contributed by atoms with Crippen LogP contribution in [-0.2, 0) is 4.74 Å². The predicted octanol–water partition coefficient (Wildman–Crippen LogP) is 0.349. The lowest BCUT2D eigenvalue weighted by molar-refractivity contribution is -0.0584. The molecule has 0 radical (unpaired) electrons. The molecule has 15 heavy (non-hydrogen) atoms. The van der Waals surface area contributed by atoms with Gasteiger partial charge in [0.2, 0.25) is 0 Å². The monoisotopic (exact) mass is 217 g/mol. The molecule has 88 valence electrons. The summed E-state index contributed by atoms with van der Waals surface area (Å²) in [6, 6.07) is -0.422. The highest BCUT2D eigenvalue weighted by Crippen LogP contribution is 2.27. The zero-order chi connectivity index (χ0) is 11.6. The molecular formula is C10H19NO4. The van der Waals surface area contributed by atoms with Crippen molar-refractivity contribution in [2.45, 2.75) is 44.9 Å². The zero-order valence-corrected chi connectivity index (χ0v) is 9.43. The molecular weight excluding hydrogens is 198 g/mol. The van der Waals surface area contributed by atoms with Crippen molar-refractivity contribution < 1.29 is 19.7 Å². The SMILES string of the molecule is CC(C)(C)OC(=O)N1[C@H](CO)C[C@@H]1CO. The molecule has 1 fully saturated rings. The van der Waals surface area contributed by atoms with E-state index in [-0.39, 0.29) is 25.3 Å². The summed E-state index contributed by atoms with van der Waals surface area (Å²) in [6.07, 6.45) is 0.165. The molecule has 1 aliphatic rings. The molecule has 0 saturated carbocycles. The lowest BCUT2D eigenvalue weighted by Crippen LogP contribution is -2.62. The van der Waals surface area contributed by atoms with Crippen LogP contribution < -0.4 is 0 Å². The van der Waals surface area contributed by atoms with Gasteiger partial charge in [-0.1, -0.05) is 0 Å². The number of aliphatic hydroxyl groups is 2. The van der Waals surface area contributed by atoms with Gasteiger partial charge in [-0.3, -0.25) is 4.90 Å². The molecule has 1 rings (SSSR count). The molecule has 0 aromatic heterocycles. The third-order valence-electron chi connectivity index (χ3n) is 2.36. The predicted molar refractivity (Wildman–Crippen MR) is 54.4 cm³/mol. The Labute approximate surface area is 89.6 Å². The number of hydrogen-bond donors (Lipinski definition) is 2. The summed E-state index contributed by atoms with van der Waals surface area (Å²) in [5, 5.41) is 18.0. The van der Waals surface area contributed by atoms with Crippen LogP contribution in [-0.4, -0.2) is 52.1 Å². The van der Waals surface area contributed by atoms with Gasteiger partial charge in [0.25, 0.3) is 0 Å². The highest BCUT2D eigenvalue weighted by molar-refractivity contribution is 5.70. The van der Waals surface area contributed by atoms with Crippen molar-refractivity contribution in [2.75, 3.05) is 13.2 Å². The third kappa shape index (κ3) is 2.82. The molecule has 0 aliphatic carbocycles. The first-order valence-corrected chi connectivity index (χ1v) is 5.12. The summed E-state index contributed by atoms with van der Waals surface area (Å²) in [5.74, 6) is 0. The summed E-state index contributed by atoms with van der Waals surface area (Å²) in [4.78, 5) is 13.1. The average Bonchev–Trinajstić information content (AvgIpc) is 1.99. The number of likely N-dealkylation sites (tertiary alicyclic amines) is 1. The Morgan fingerprint density at radius 1 is 1.33 bits per heavy atom. The van der Waals surface area contributed by atoms with Crippen LogP contribution in [0.2, 0.25) is 0 Å². The van der Waals surface area contributed by atoms with Crippen LogP contribution in [0.4, 0.5) is 4.79 Å². The molecule has 0 aromatic rings. The van der Waals surface area contributed by atoms with Gasteiger partial charge in [0.15, 0.2) is 0 Å². The molecule has 0 unspecified atom stereocenters. The highest BCUT2D eigenvalue weighted by Gasteiger charge is 2.42. The standard InChI is InChI=1S/C10H19NO4/c1-10(2,3)15-9(14)11-7(5-12)4-8(11)6-13/h7-8,12-13H,4-6H2,1-3H3/t7-,8+. The largest absolute Gasteiger partial charge is 0.444 e. The average molecular weight is 217 g/mol. The summed E-state index contributed by atoms with van der Waals surface area (Å²) in [5.41, 5.74) is -0.549. The first kappa shape index (κ1) is 12.3. The van der Waals surface area contributed by atoms with Crippen molar-refractivity contribution in [3.8, 4) is 0 Å². The van der Waals surface area contributed by atoms with Gasteiger partial charge in [-0.2, -0.15) is 0 Å². The fourth-order valence-corrected chi connectivity index (χ4v) is 1.64. The van der Waals surface area contributed by atoms with Crippen molar-refractivity contribution in [3.63, 3.8) is 0 Å². The van der Waals surface area contributed by atoms with E-state index in [4.69, 9.17) is 14.9 Å². The molecule has 1 saturated heterocycles. The van der Waals surface area contributed by atoms with Crippen molar-refractivity contribution in [2.24, 2.45) is 0 Å². The lowest BCUT2D eigenvalue weighted by atomic mass is 9.95. The van der Waals surface area contributed by atoms with Crippen LogP contribution in [0.15, 0.2) is 0 Å². The van der Waals surface area contributed by atoms with E-state index in [0.717, 1.165) is 0 Å². The van der Waals surface area contributed by atoms with Crippen molar-refractivity contribution in [1.82, 2.24) is 4.90 Å². The van der Waals surface area contributed by atoms with E-state index in [1.54, 1.807) is 20.8 Å². The normalized spacial score (nSPS) is 26.1. The summed E-state index contributed by atoms with van der Waals surface area (Å²) < 4.78 is 5.17. The highest BCUT2D eigenvalue weighted by atomic mass is 16.6. The molecule has 0 aromatic carbocycles. The van der Waals surface area contributed by atoms with Gasteiger partial charge in [-0.05, 0) is 27.2 Å². The van der Waals surface area contributed by atoms with Crippen LogP contribution in [0.3, 0.4) is 0 Å². The van der Waals surface area contributed by atoms with Gasteiger partial charge in [-0.15, -0.1) is 0 Å². The molecule has 5 heteroatoms. The maximum absolute atomic E-state index is 11.7. The lowest BCUT2D eigenvalue weighted by Gasteiger charge is -2.46. The van der Waals surface area contributed by atoms with Crippen LogP contribution in [0.25, 0.3) is 0 Å². The number of rotatable bonds is 2. The van der Waals surface area contributed by atoms with Gasteiger partial charge < -0.3 is 14.9 Å². The Hall–Kier alpha value is -0.810. The molecule has 2 N–H and O–H groups in total. The summed E-state index contributed by atoms with van der Waals surface area (Å²) in [7, 11) is 0. The summed E-state index contributed by atoms with van der Waals surface area (Å²) in [6.45, 7) is 5.18. The Morgan fingerprint density at radius 3 is 2.13 bits per heavy atom. The van der Waals surface area contributed by atoms with E-state index in [1.165, 1.54) is 4.90 Å². The van der Waals surface area contributed by atoms with E-state index in [1.807, 2.05) is 0 Å². The maximum atomic E-state index is 11.7. The fourth-order valence-electron chi connectivity index (χ4n) is 1.64. The Morgan fingerprint density at radius 2 is 1.80 bits per heavy atom. The first-order chi connectivity index (χ1) is 6.89. The first-order valence-electron chi connectivity index (χ1n) is 5.12. The number of nitrogens with zero attached hydrogens (tertiary/aromatic N) is 1. The topological polar surface area (TPSA) is 70.0 Å². The second-order valence-corrected chi connectivity index (χ2v) is 4.80. The van der Waals surface area contributed by atoms with E-state index in [0.29, 0.717) is 6.42 Å². The van der Waals surface area contributed by atoms with Crippen molar-refractivity contribution >= 4 is 6.09 Å². The van der Waals surface area contributed by atoms with Gasteiger partial charge >= 0.3 is 6.09 Å². The number of hydrogen-bond acceptors (Lipinski definition) is 4. The van der Waals surface area contributed by atoms with Crippen molar-refractivity contribution in [3.05, 3.63) is 0 Å². The molecule has 0 bridgehead atoms. The second kappa shape index (κ2) is 4.37. The van der Waals surface area contributed by atoms with Crippen LogP contribution >= 0.6 is 0 Å². The second-order valence-electron chi connectivity index (χ2n) is 4.80. The number of amides is 1. The zero-order valence-electron chi connectivity index (χ0n) is 9.43. The van der Waals surface area contributed by atoms with Gasteiger partial charge in [0.1, 0.15) is 5.60 Å². The third-order valence-corrected chi connectivity index (χ3v) is 2.36. The Balaban J connectivity index is 2.56. The molecule has 2 atom stereocenters.